The molecule has 23 nitrogen and oxygen atoms in total. The minimum absolute atomic E-state index is 0.196. The van der Waals surface area contributed by atoms with Gasteiger partial charge in [0.15, 0.2) is 18.7 Å². The van der Waals surface area contributed by atoms with Gasteiger partial charge in [-0.05, 0) is 326 Å². The first-order valence-electron chi connectivity index (χ1n) is 42.0. The third kappa shape index (κ3) is 60.9. The Morgan fingerprint density at radius 3 is 1.11 bits per heavy atom. The summed E-state index contributed by atoms with van der Waals surface area (Å²) < 4.78 is 86.3. The number of halogens is 9. The lowest BCUT2D eigenvalue weighted by Gasteiger charge is -2.14. The van der Waals surface area contributed by atoms with E-state index in [0.29, 0.717) is 132 Å². The monoisotopic (exact) mass is 2300 g/mol. The van der Waals surface area contributed by atoms with Crippen LogP contribution >= 0.6 is 90.4 Å². The number of alkyl halides is 1. The van der Waals surface area contributed by atoms with Crippen LogP contribution in [0.1, 0.15) is 126 Å². The molecule has 0 saturated carbocycles. The van der Waals surface area contributed by atoms with Crippen molar-refractivity contribution in [3.05, 3.63) is 370 Å². The van der Waals surface area contributed by atoms with Gasteiger partial charge in [-0.25, -0.2) is 17.6 Å². The number of nitrogens with two attached hydrogens (primary N) is 9. The summed E-state index contributed by atoms with van der Waals surface area (Å²) in [6.45, 7) is 21.7. The van der Waals surface area contributed by atoms with Gasteiger partial charge in [0.1, 0.15) is 34.8 Å². The predicted molar refractivity (Wildman–Crippen MR) is 570 cm³/mol. The molecule has 0 saturated heterocycles. The summed E-state index contributed by atoms with van der Waals surface area (Å²) in [5, 5.41) is 0. The second-order valence-electron chi connectivity index (χ2n) is 30.0. The zero-order valence-electron chi connectivity index (χ0n) is 77.5. The molecule has 0 fully saturated rings. The number of ether oxygens (including phenoxy) is 4. The van der Waals surface area contributed by atoms with Crippen molar-refractivity contribution in [3.8, 4) is 11.5 Å². The highest BCUT2D eigenvalue weighted by atomic mass is 131. The van der Waals surface area contributed by atoms with E-state index < -0.39 is 18.7 Å². The fraction of sp³-hybridized carbons (Fsp3) is 0.265. The smallest absolute Gasteiger partial charge is 0.294 e. The number of carbonyl (C=O) groups is 3. The summed E-state index contributed by atoms with van der Waals surface area (Å²) in [4.78, 5) is 56.4. The molecular formula is C102H125F5I4N16O7. The van der Waals surface area contributed by atoms with E-state index in [4.69, 9.17) is 56.3 Å². The Morgan fingerprint density at radius 2 is 0.731 bits per heavy atom. The molecule has 11 aromatic carbocycles. The van der Waals surface area contributed by atoms with Gasteiger partial charge in [0.05, 0.1) is 81.0 Å². The van der Waals surface area contributed by atoms with Gasteiger partial charge >= 0.3 is 0 Å². The van der Waals surface area contributed by atoms with Crippen LogP contribution in [-0.4, -0.2) is 98.8 Å². The highest BCUT2D eigenvalue weighted by molar-refractivity contribution is 14.1. The molecule has 0 spiro atoms. The second kappa shape index (κ2) is 70.5. The van der Waals surface area contributed by atoms with E-state index >= 15 is 0 Å². The van der Waals surface area contributed by atoms with Crippen LogP contribution < -0.4 is 56.3 Å². The van der Waals surface area contributed by atoms with Gasteiger partial charge in [-0.2, -0.15) is 0 Å². The normalized spacial score (nSPS) is 11.7. The number of carbonyl (C=O) groups excluding carboxylic acids is 3. The van der Waals surface area contributed by atoms with Gasteiger partial charge in [0.2, 0.25) is 0 Å². The lowest BCUT2D eigenvalue weighted by atomic mass is 10.1. The zero-order valence-corrected chi connectivity index (χ0v) is 86.1. The summed E-state index contributed by atoms with van der Waals surface area (Å²) in [7, 11) is 4.02. The predicted octanol–water partition coefficient (Wildman–Crippen LogP) is 19.8. The Balaban J connectivity index is 0.000000505. The van der Waals surface area contributed by atoms with Gasteiger partial charge in [-0.15, -0.1) is 0 Å². The lowest BCUT2D eigenvalue weighted by Crippen LogP contribution is -2.25. The van der Waals surface area contributed by atoms with E-state index in [1.54, 1.807) is 84.0 Å². The van der Waals surface area contributed by atoms with Gasteiger partial charge < -0.3 is 58.2 Å². The SMILES string of the molecule is CC(N)=NCc1ccc(F)c([131I])c1.CC(N)=NCc1ccc([131I])cc1.CC(N)=NCc1ccc([18F])c(I)c1.CC(N)=NCc1cccc(CCC[18F])c1.CC(N)=NCc1cccc([131I])c1.CC(N)=NCc1cccc([18F])c1.CN(C)Cc1ccccc1Oc1ccc([18F])cc1.Cc1ccc(C[C@@H](N)OC=O)cc1.Cc1ccc(C[C@@H](N)OC=O)cc1.Cc1ccc(C[C@@H](N)OC=O)cc1. The summed E-state index contributed by atoms with van der Waals surface area (Å²) >= 11 is 8.47. The highest BCUT2D eigenvalue weighted by Gasteiger charge is 2.10. The number of benzene rings is 11. The molecule has 32 heteroatoms. The standard InChI is InChI=1S/C15H16FNO.C12H17FN2.3C10H13NO2.2C9H10FIN2.C9H11FN2.2C9H11IN2/c1-17(2)11-12-5-3-4-6-15(12)18-14-9-7-13(16)8-10-14;1-10(14)15-9-12-5-2-4-11(8-12)6-3-7-13;3*1-8-2-4-9(5-3-8)6-10(11)13-7-12;2*1-6(12)13-5-7-2-3-8(10)9(11)4-7;1-7(11)12-6-8-3-2-4-9(10)5-8;1-7(11)12-6-8-2-4-9(10)5-3-8;1-7(11)12-6-8-3-2-4-9(10)5-8/h3-10H,11H2,1-2H3;2,4-5,8H,3,6-7,9H2,1H3,(H2,14,15);3*2-5,7,10H,6,11H2,1H3;2*2-4H,5H2,1H3,(H2,12,13);3*2-5H,6H2,1H3,(H2,11,12)/t;;3*10-;;;;;/m..000...../s1/i16-1;13-1;;;;11+4;2*10-1;2*10+4. The number of hydrogen-bond acceptors (Lipinski definition) is 17. The van der Waals surface area contributed by atoms with Crippen LogP contribution in [0, 0.1) is 58.3 Å². The summed E-state index contributed by atoms with van der Waals surface area (Å²) in [6.07, 6.45) is 1.41. The van der Waals surface area contributed by atoms with Crippen molar-refractivity contribution in [2.45, 2.75) is 159 Å². The largest absolute Gasteiger partial charge is 0.457 e. The molecular weight excluding hydrogens is 2170 g/mol. The van der Waals surface area contributed by atoms with E-state index in [1.807, 2.05) is 207 Å². The first kappa shape index (κ1) is 119. The molecule has 0 aliphatic rings. The number of rotatable bonds is 31. The summed E-state index contributed by atoms with van der Waals surface area (Å²) in [6, 6.07) is 78.5. The van der Waals surface area contributed by atoms with E-state index in [-0.39, 0.29) is 29.9 Å². The Labute approximate surface area is 840 Å². The maximum atomic E-state index is 12.8. The van der Waals surface area contributed by atoms with Crippen LogP contribution in [0.15, 0.2) is 285 Å². The topological polar surface area (TPSA) is 400 Å². The Morgan fingerprint density at radius 1 is 0.381 bits per heavy atom. The van der Waals surface area contributed by atoms with Crippen LogP contribution in [0.25, 0.3) is 0 Å². The zero-order chi connectivity index (χ0) is 99.7. The van der Waals surface area contributed by atoms with Crippen molar-refractivity contribution in [2.24, 2.45) is 81.6 Å². The van der Waals surface area contributed by atoms with Crippen LogP contribution in [-0.2, 0) is 100 Å². The average molecular weight is 2300 g/mol. The van der Waals surface area contributed by atoms with Crippen LogP contribution in [0.5, 0.6) is 11.5 Å². The molecule has 0 aliphatic carbocycles. The van der Waals surface area contributed by atoms with Crippen molar-refractivity contribution >= 4 is 145 Å². The molecule has 0 radical (unpaired) electrons. The Kier molecular flexibility index (Phi) is 62.6. The number of aryl methyl sites for hydroxylation is 4. The van der Waals surface area contributed by atoms with E-state index in [2.05, 4.69) is 143 Å². The van der Waals surface area contributed by atoms with Crippen molar-refractivity contribution in [2.75, 3.05) is 20.8 Å². The van der Waals surface area contributed by atoms with Crippen LogP contribution in [0.3, 0.4) is 0 Å². The lowest BCUT2D eigenvalue weighted by molar-refractivity contribution is -0.134. The fourth-order valence-electron chi connectivity index (χ4n) is 10.5. The van der Waals surface area contributed by atoms with Gasteiger partial charge in [-0.1, -0.05) is 180 Å². The molecule has 0 unspecified atom stereocenters. The summed E-state index contributed by atoms with van der Waals surface area (Å²) in [5.74, 6) is 4.00. The van der Waals surface area contributed by atoms with Crippen molar-refractivity contribution in [1.82, 2.24) is 4.90 Å². The molecule has 134 heavy (non-hydrogen) atoms. The number of para-hydroxylation sites is 1. The van der Waals surface area contributed by atoms with Crippen molar-refractivity contribution in [1.29, 1.82) is 0 Å². The third-order valence-corrected chi connectivity index (χ3v) is 20.2. The van der Waals surface area contributed by atoms with Crippen LogP contribution in [0.2, 0.25) is 0 Å². The Hall–Kier alpha value is -11.1. The Bertz CT molecular complexity index is 5100. The maximum Gasteiger partial charge on any atom is 0.294 e. The maximum absolute atomic E-state index is 12.8. The molecule has 11 aromatic rings. The first-order valence-corrected chi connectivity index (χ1v) is 46.3. The first-order chi connectivity index (χ1) is 63.8. The molecule has 0 heterocycles. The van der Waals surface area contributed by atoms with Gasteiger partial charge in [0, 0.05) is 45.7 Å². The second-order valence-corrected chi connectivity index (χ2v) is 34.8. The number of hydrogen-bond donors (Lipinski definition) is 9. The minimum atomic E-state index is -0.541. The van der Waals surface area contributed by atoms with Crippen molar-refractivity contribution < 1.29 is 55.3 Å². The minimum Gasteiger partial charge on any atom is -0.457 e. The number of nitrogens with zero attached hydrogens (tertiary/aromatic N) is 7. The van der Waals surface area contributed by atoms with Crippen molar-refractivity contribution in [3.63, 3.8) is 0 Å². The highest BCUT2D eigenvalue weighted by Crippen LogP contribution is 2.27. The molecule has 0 aliphatic heterocycles. The molecule has 11 rings (SSSR count). The molecule has 0 amide bonds. The average Bonchev–Trinajstić information content (AvgIpc) is 0.855. The molecule has 718 valence electrons. The molecule has 0 aromatic heterocycles. The summed E-state index contributed by atoms with van der Waals surface area (Å²) in [5.41, 5.74) is 64.3. The number of aliphatic imine (C=N–C) groups is 6. The van der Waals surface area contributed by atoms with Gasteiger partial charge in [0.25, 0.3) is 19.4 Å². The molecule has 0 bridgehead atoms. The third-order valence-electron chi connectivity index (χ3n) is 17.2. The molecule has 3 atom stereocenters. The quantitative estimate of drug-likeness (QED) is 0.00371. The molecule has 18 N–H and O–H groups in total. The van der Waals surface area contributed by atoms with E-state index in [9.17, 15) is 36.3 Å². The fourth-order valence-corrected chi connectivity index (χ4v) is 12.6. The van der Waals surface area contributed by atoms with E-state index in [0.717, 1.165) is 68.8 Å². The van der Waals surface area contributed by atoms with Crippen LogP contribution in [0.4, 0.5) is 22.0 Å². The number of amidine groups is 6. The van der Waals surface area contributed by atoms with E-state index in [1.165, 1.54) is 71.4 Å². The van der Waals surface area contributed by atoms with Gasteiger partial charge in [-0.3, -0.25) is 65.9 Å².